The number of benzene rings is 1. The molecule has 0 spiro atoms. The molecule has 138 valence electrons. The van der Waals surface area contributed by atoms with Crippen molar-refractivity contribution >= 4 is 46.5 Å². The van der Waals surface area contributed by atoms with E-state index < -0.39 is 0 Å². The molecule has 0 saturated carbocycles. The summed E-state index contributed by atoms with van der Waals surface area (Å²) in [4.78, 5) is 25.1. The van der Waals surface area contributed by atoms with Gasteiger partial charge in [-0.15, -0.1) is 12.4 Å². The van der Waals surface area contributed by atoms with E-state index in [1.807, 2.05) is 18.2 Å². The first-order valence-electron chi connectivity index (χ1n) is 8.50. The molecule has 1 aromatic carbocycles. The van der Waals surface area contributed by atoms with Crippen LogP contribution >= 0.6 is 24.0 Å². The number of piperazine rings is 1. The summed E-state index contributed by atoms with van der Waals surface area (Å²) in [5.41, 5.74) is 1.78. The number of aromatic amines is 1. The van der Waals surface area contributed by atoms with Crippen LogP contribution in [0, 0.1) is 0 Å². The van der Waals surface area contributed by atoms with Gasteiger partial charge in [0.05, 0.1) is 5.52 Å². The zero-order valence-electron chi connectivity index (χ0n) is 14.3. The van der Waals surface area contributed by atoms with Crippen molar-refractivity contribution in [2.24, 2.45) is 0 Å². The van der Waals surface area contributed by atoms with Gasteiger partial charge in [0.15, 0.2) is 11.5 Å². The highest BCUT2D eigenvalue weighted by molar-refractivity contribution is 6.28. The Bertz CT molecular complexity index is 1040. The number of halogens is 2. The van der Waals surface area contributed by atoms with Crippen LogP contribution in [-0.4, -0.2) is 51.1 Å². The maximum Gasteiger partial charge on any atom is 0.203 e. The maximum absolute atomic E-state index is 6.10. The lowest BCUT2D eigenvalue weighted by Crippen LogP contribution is -2.47. The molecule has 3 aliphatic heterocycles. The number of pyridine rings is 1. The largest absolute Gasteiger partial charge is 0.353 e. The fourth-order valence-electron chi connectivity index (χ4n) is 3.41. The zero-order valence-corrected chi connectivity index (χ0v) is 15.9. The standard InChI is InChI=1S/C18H16ClN7.ClH/c19-18-23-16-15(20-11-21-16)17(24-18)26-9-7-25(8-10-26)14-6-5-12-3-1-2-4-13(12)22-14;/h1-6,11H,7-10H2,(H,20,21,23,24);1H. The average Bonchev–Trinajstić information content (AvgIpc) is 3.15. The van der Waals surface area contributed by atoms with Crippen LogP contribution in [0.3, 0.4) is 0 Å². The van der Waals surface area contributed by atoms with Gasteiger partial charge in [-0.25, -0.2) is 15.0 Å². The zero-order chi connectivity index (χ0) is 17.5. The smallest absolute Gasteiger partial charge is 0.203 e. The maximum atomic E-state index is 6.10. The Kier molecular flexibility index (Phi) is 4.72. The Balaban J connectivity index is 0.00000180. The number of fused-ring (bicyclic) bond motifs is 2. The molecule has 0 radical (unpaired) electrons. The second kappa shape index (κ2) is 7.17. The molecule has 3 aliphatic rings. The van der Waals surface area contributed by atoms with Gasteiger partial charge in [-0.2, -0.15) is 4.98 Å². The van der Waals surface area contributed by atoms with Crippen LogP contribution in [0.4, 0.5) is 11.6 Å². The van der Waals surface area contributed by atoms with E-state index >= 15 is 0 Å². The first-order chi connectivity index (χ1) is 12.8. The summed E-state index contributed by atoms with van der Waals surface area (Å²) in [5.74, 6) is 2.46. The lowest BCUT2D eigenvalue weighted by Gasteiger charge is -2.36. The Morgan fingerprint density at radius 3 is 2.52 bits per heavy atom. The number of anilines is 2. The van der Waals surface area contributed by atoms with Gasteiger partial charge >= 0.3 is 0 Å². The third-order valence-electron chi connectivity index (χ3n) is 4.73. The molecule has 1 fully saturated rings. The van der Waals surface area contributed by atoms with Gasteiger partial charge in [0.1, 0.15) is 18.0 Å². The van der Waals surface area contributed by atoms with Crippen LogP contribution in [0.1, 0.15) is 0 Å². The molecule has 1 saturated heterocycles. The minimum Gasteiger partial charge on any atom is -0.353 e. The van der Waals surface area contributed by atoms with Crippen molar-refractivity contribution in [1.82, 2.24) is 24.9 Å². The van der Waals surface area contributed by atoms with Gasteiger partial charge in [0, 0.05) is 31.6 Å². The molecule has 1 N–H and O–H groups in total. The topological polar surface area (TPSA) is 73.8 Å². The third kappa shape index (κ3) is 3.24. The van der Waals surface area contributed by atoms with Crippen LogP contribution in [-0.2, 0) is 0 Å². The van der Waals surface area contributed by atoms with Crippen LogP contribution in [0.25, 0.3) is 22.4 Å². The van der Waals surface area contributed by atoms with E-state index in [1.54, 1.807) is 0 Å². The van der Waals surface area contributed by atoms with Gasteiger partial charge in [-0.05, 0) is 29.8 Å². The van der Waals surface area contributed by atoms with Crippen LogP contribution in [0.5, 0.6) is 0 Å². The number of rotatable bonds is 2. The van der Waals surface area contributed by atoms with E-state index in [2.05, 4.69) is 47.9 Å². The summed E-state index contributed by atoms with van der Waals surface area (Å²) >= 11 is 6.10. The number of nitrogens with one attached hydrogen (secondary N) is 1. The van der Waals surface area contributed by atoms with Gasteiger partial charge < -0.3 is 14.8 Å². The van der Waals surface area contributed by atoms with Gasteiger partial charge in [-0.1, -0.05) is 18.2 Å². The summed E-state index contributed by atoms with van der Waals surface area (Å²) in [6.07, 6.45) is 1.51. The predicted octanol–water partition coefficient (Wildman–Crippen LogP) is 3.25. The van der Waals surface area contributed by atoms with E-state index in [0.717, 1.165) is 54.4 Å². The highest BCUT2D eigenvalue weighted by Crippen LogP contribution is 2.29. The van der Waals surface area contributed by atoms with E-state index in [0.29, 0.717) is 11.1 Å². The fourth-order valence-corrected chi connectivity index (χ4v) is 3.58. The van der Waals surface area contributed by atoms with Crippen molar-refractivity contribution in [3.63, 3.8) is 0 Å². The number of H-pyrrole nitrogens is 1. The second-order valence-corrected chi connectivity index (χ2v) is 6.62. The monoisotopic (exact) mass is 401 g/mol. The van der Waals surface area contributed by atoms with Crippen molar-refractivity contribution < 1.29 is 0 Å². The number of imidazole rings is 1. The van der Waals surface area contributed by atoms with Gasteiger partial charge in [-0.3, -0.25) is 0 Å². The summed E-state index contributed by atoms with van der Waals surface area (Å²) in [6, 6.07) is 12.4. The highest BCUT2D eigenvalue weighted by Gasteiger charge is 2.24. The molecule has 0 amide bonds. The van der Waals surface area contributed by atoms with Crippen molar-refractivity contribution in [3.05, 3.63) is 48.0 Å². The van der Waals surface area contributed by atoms with Crippen LogP contribution in [0.15, 0.2) is 42.7 Å². The SMILES string of the molecule is Cl.Clc1nc2ncnc-2c(N2CCN(c3ccc4ccccc4n3)CC2)[nH]1. The number of nitrogens with zero attached hydrogens (tertiary/aromatic N) is 6. The molecule has 0 aliphatic carbocycles. The van der Waals surface area contributed by atoms with E-state index in [4.69, 9.17) is 16.6 Å². The lowest BCUT2D eigenvalue weighted by molar-refractivity contribution is 0.641. The van der Waals surface area contributed by atoms with E-state index in [1.165, 1.54) is 6.33 Å². The molecule has 1 aromatic heterocycles. The number of para-hydroxylation sites is 1. The second-order valence-electron chi connectivity index (χ2n) is 6.26. The molecule has 5 rings (SSSR count). The summed E-state index contributed by atoms with van der Waals surface area (Å²) in [7, 11) is 0. The summed E-state index contributed by atoms with van der Waals surface area (Å²) in [6.45, 7) is 3.42. The molecule has 0 bridgehead atoms. The van der Waals surface area contributed by atoms with Crippen molar-refractivity contribution in [3.8, 4) is 11.5 Å². The molecular weight excluding hydrogens is 385 g/mol. The first-order valence-corrected chi connectivity index (χ1v) is 8.88. The lowest BCUT2D eigenvalue weighted by atomic mass is 10.2. The Morgan fingerprint density at radius 1 is 0.889 bits per heavy atom. The number of hydrogen-bond donors (Lipinski definition) is 1. The fraction of sp³-hybridized carbons (Fsp3) is 0.222. The normalized spacial score (nSPS) is 14.6. The Hall–Kier alpha value is -2.64. The minimum absolute atomic E-state index is 0. The Morgan fingerprint density at radius 2 is 1.67 bits per heavy atom. The third-order valence-corrected chi connectivity index (χ3v) is 4.91. The van der Waals surface area contributed by atoms with Crippen molar-refractivity contribution in [1.29, 1.82) is 0 Å². The number of hydrogen-bond acceptors (Lipinski definition) is 6. The number of aromatic nitrogens is 5. The molecule has 27 heavy (non-hydrogen) atoms. The minimum atomic E-state index is 0. The van der Waals surface area contributed by atoms with Crippen molar-refractivity contribution in [2.45, 2.75) is 0 Å². The highest BCUT2D eigenvalue weighted by atomic mass is 35.5. The predicted molar refractivity (Wildman–Crippen MR) is 109 cm³/mol. The average molecular weight is 402 g/mol. The van der Waals surface area contributed by atoms with Crippen LogP contribution in [0.2, 0.25) is 5.28 Å². The van der Waals surface area contributed by atoms with Gasteiger partial charge in [0.25, 0.3) is 0 Å². The quantitative estimate of drug-likeness (QED) is 0.519. The molecule has 0 unspecified atom stereocenters. The van der Waals surface area contributed by atoms with E-state index in [-0.39, 0.29) is 12.4 Å². The molecular formula is C18H17Cl2N7. The first kappa shape index (κ1) is 17.8. The molecule has 0 atom stereocenters. The Labute approximate surface area is 167 Å². The molecule has 7 nitrogen and oxygen atoms in total. The summed E-state index contributed by atoms with van der Waals surface area (Å²) in [5, 5.41) is 1.49. The van der Waals surface area contributed by atoms with Gasteiger partial charge in [0.2, 0.25) is 5.28 Å². The molecule has 4 heterocycles. The van der Waals surface area contributed by atoms with Crippen molar-refractivity contribution in [2.75, 3.05) is 36.0 Å². The summed E-state index contributed by atoms with van der Waals surface area (Å²) < 4.78 is 0. The van der Waals surface area contributed by atoms with E-state index in [9.17, 15) is 0 Å². The molecule has 2 aromatic rings. The molecule has 9 heteroatoms. The van der Waals surface area contributed by atoms with Crippen LogP contribution < -0.4 is 9.80 Å².